The molecule has 0 saturated carbocycles. The predicted molar refractivity (Wildman–Crippen MR) is 47.5 cm³/mol. The fraction of sp³-hybridized carbons (Fsp3) is 1.00. The highest BCUT2D eigenvalue weighted by molar-refractivity contribution is 5.04. The molecule has 0 aromatic carbocycles. The van der Waals surface area contributed by atoms with E-state index < -0.39 is 30.5 Å². The number of hydrogen-bond donors (Lipinski definition) is 6. The number of aliphatic hydroxyl groups excluding tert-OH is 4. The first-order chi connectivity index (χ1) is 6.56. The number of hydrogen-bond acceptors (Lipinski definition) is 6. The van der Waals surface area contributed by atoms with E-state index >= 15 is 0 Å². The van der Waals surface area contributed by atoms with Gasteiger partial charge in [0.2, 0.25) is 0 Å². The molecule has 0 amide bonds. The second kappa shape index (κ2) is 4.52. The van der Waals surface area contributed by atoms with Crippen LogP contribution in [0, 0.1) is 0 Å². The molecule has 0 bridgehead atoms. The molecule has 6 heteroatoms. The first-order valence-electron chi connectivity index (χ1n) is 4.60. The van der Waals surface area contributed by atoms with Crippen molar-refractivity contribution in [1.29, 1.82) is 0 Å². The van der Waals surface area contributed by atoms with Crippen molar-refractivity contribution >= 4 is 0 Å². The van der Waals surface area contributed by atoms with Gasteiger partial charge in [0.1, 0.15) is 11.7 Å². The van der Waals surface area contributed by atoms with Crippen LogP contribution in [0.4, 0.5) is 0 Å². The molecule has 0 aromatic rings. The van der Waals surface area contributed by atoms with Crippen LogP contribution in [-0.4, -0.2) is 69.1 Å². The first-order valence-corrected chi connectivity index (χ1v) is 4.60. The van der Waals surface area contributed by atoms with Crippen molar-refractivity contribution < 1.29 is 25.5 Å². The lowest BCUT2D eigenvalue weighted by molar-refractivity contribution is -0.182. The maximum absolute atomic E-state index is 9.88. The topological polar surface area (TPSA) is 113 Å². The summed E-state index contributed by atoms with van der Waals surface area (Å²) in [4.78, 5) is 0. The molecule has 84 valence electrons. The molecule has 1 saturated heterocycles. The number of aliphatic hydroxyl groups is 5. The summed E-state index contributed by atoms with van der Waals surface area (Å²) in [6.45, 7) is -0.695. The summed E-state index contributed by atoms with van der Waals surface area (Å²) >= 11 is 0. The van der Waals surface area contributed by atoms with Crippen molar-refractivity contribution in [2.24, 2.45) is 0 Å². The molecule has 0 spiro atoms. The van der Waals surface area contributed by atoms with Crippen molar-refractivity contribution in [3.63, 3.8) is 0 Å². The van der Waals surface area contributed by atoms with Crippen LogP contribution in [0.15, 0.2) is 0 Å². The molecule has 6 nitrogen and oxygen atoms in total. The summed E-state index contributed by atoms with van der Waals surface area (Å²) in [7, 11) is 0. The summed E-state index contributed by atoms with van der Waals surface area (Å²) in [5.74, 6) is 0. The van der Waals surface area contributed by atoms with E-state index in [4.69, 9.17) is 10.2 Å². The highest BCUT2D eigenvalue weighted by atomic mass is 16.4. The highest BCUT2D eigenvalue weighted by Crippen LogP contribution is 2.24. The minimum absolute atomic E-state index is 0.133. The normalized spacial score (nSPS) is 43.9. The van der Waals surface area contributed by atoms with Gasteiger partial charge in [-0.1, -0.05) is 0 Å². The second-order valence-electron chi connectivity index (χ2n) is 3.63. The van der Waals surface area contributed by atoms with Gasteiger partial charge in [0.25, 0.3) is 0 Å². The van der Waals surface area contributed by atoms with Crippen LogP contribution >= 0.6 is 0 Å². The van der Waals surface area contributed by atoms with E-state index in [9.17, 15) is 15.3 Å². The molecule has 1 heterocycles. The average molecular weight is 207 g/mol. The van der Waals surface area contributed by atoms with Crippen LogP contribution in [0.2, 0.25) is 0 Å². The zero-order valence-corrected chi connectivity index (χ0v) is 7.80. The monoisotopic (exact) mass is 207 g/mol. The van der Waals surface area contributed by atoms with E-state index in [2.05, 4.69) is 5.32 Å². The van der Waals surface area contributed by atoms with Crippen LogP contribution in [0.1, 0.15) is 6.42 Å². The Balaban J connectivity index is 2.76. The van der Waals surface area contributed by atoms with Gasteiger partial charge in [0.15, 0.2) is 0 Å². The number of β-amino-alcohol motifs (C(OH)–C–C–N with tert-alkyl or cyclic N) is 1. The van der Waals surface area contributed by atoms with Crippen LogP contribution in [-0.2, 0) is 0 Å². The predicted octanol–water partition coefficient (Wildman–Crippen LogP) is -3.21. The van der Waals surface area contributed by atoms with E-state index in [1.807, 2.05) is 0 Å². The van der Waals surface area contributed by atoms with Gasteiger partial charge in [-0.3, -0.25) is 0 Å². The molecule has 0 aromatic heterocycles. The number of piperidine rings is 1. The largest absolute Gasteiger partial charge is 0.396 e. The minimum atomic E-state index is -1.79. The summed E-state index contributed by atoms with van der Waals surface area (Å²) in [6, 6.07) is -0.615. The number of nitrogens with one attached hydrogen (secondary N) is 1. The SMILES string of the molecule is OCC[C@H]1NC[C@H](O)[C@@H](O)[C@@]1(O)CO. The molecule has 1 fully saturated rings. The Morgan fingerprint density at radius 1 is 1.29 bits per heavy atom. The lowest BCUT2D eigenvalue weighted by Crippen LogP contribution is -2.69. The molecule has 1 rings (SSSR count). The quantitative estimate of drug-likeness (QED) is 0.290. The van der Waals surface area contributed by atoms with E-state index in [0.717, 1.165) is 0 Å². The third-order valence-electron chi connectivity index (χ3n) is 2.72. The third kappa shape index (κ3) is 1.90. The smallest absolute Gasteiger partial charge is 0.131 e. The zero-order chi connectivity index (χ0) is 10.8. The zero-order valence-electron chi connectivity index (χ0n) is 7.80. The van der Waals surface area contributed by atoms with Crippen molar-refractivity contribution in [2.75, 3.05) is 19.8 Å². The fourth-order valence-corrected chi connectivity index (χ4v) is 1.78. The van der Waals surface area contributed by atoms with Crippen molar-refractivity contribution in [3.05, 3.63) is 0 Å². The van der Waals surface area contributed by atoms with Crippen molar-refractivity contribution in [1.82, 2.24) is 5.32 Å². The molecule has 1 aliphatic rings. The summed E-state index contributed by atoms with van der Waals surface area (Å²) in [5, 5.41) is 49.1. The number of rotatable bonds is 3. The van der Waals surface area contributed by atoms with Crippen molar-refractivity contribution in [3.8, 4) is 0 Å². The van der Waals surface area contributed by atoms with Gasteiger partial charge in [-0.05, 0) is 6.42 Å². The lowest BCUT2D eigenvalue weighted by atomic mass is 9.81. The van der Waals surface area contributed by atoms with Gasteiger partial charge in [-0.2, -0.15) is 0 Å². The second-order valence-corrected chi connectivity index (χ2v) is 3.63. The Hall–Kier alpha value is -0.240. The van der Waals surface area contributed by atoms with Gasteiger partial charge >= 0.3 is 0 Å². The van der Waals surface area contributed by atoms with E-state index in [0.29, 0.717) is 0 Å². The minimum Gasteiger partial charge on any atom is -0.396 e. The Kier molecular flexibility index (Phi) is 3.82. The molecule has 0 radical (unpaired) electrons. The Morgan fingerprint density at radius 3 is 2.43 bits per heavy atom. The summed E-state index contributed by atoms with van der Waals surface area (Å²) in [5.41, 5.74) is -1.79. The maximum atomic E-state index is 9.88. The Morgan fingerprint density at radius 2 is 1.93 bits per heavy atom. The molecule has 1 aliphatic heterocycles. The van der Waals surface area contributed by atoms with E-state index in [1.165, 1.54) is 0 Å². The van der Waals surface area contributed by atoms with E-state index in [-0.39, 0.29) is 19.6 Å². The molecule has 0 unspecified atom stereocenters. The van der Waals surface area contributed by atoms with Crippen LogP contribution in [0.3, 0.4) is 0 Å². The van der Waals surface area contributed by atoms with Crippen LogP contribution in [0.5, 0.6) is 0 Å². The third-order valence-corrected chi connectivity index (χ3v) is 2.72. The van der Waals surface area contributed by atoms with Gasteiger partial charge in [-0.15, -0.1) is 0 Å². The van der Waals surface area contributed by atoms with E-state index in [1.54, 1.807) is 0 Å². The van der Waals surface area contributed by atoms with Crippen molar-refractivity contribution in [2.45, 2.75) is 30.3 Å². The maximum Gasteiger partial charge on any atom is 0.131 e. The van der Waals surface area contributed by atoms with Crippen LogP contribution in [0.25, 0.3) is 0 Å². The first kappa shape index (κ1) is 11.8. The summed E-state index contributed by atoms with van der Waals surface area (Å²) in [6.07, 6.45) is -2.30. The molecule has 0 aliphatic carbocycles. The molecule has 6 N–H and O–H groups in total. The van der Waals surface area contributed by atoms with Gasteiger partial charge < -0.3 is 30.8 Å². The lowest BCUT2D eigenvalue weighted by Gasteiger charge is -2.45. The molecule has 4 atom stereocenters. The average Bonchev–Trinajstić information content (AvgIpc) is 2.19. The van der Waals surface area contributed by atoms with Gasteiger partial charge in [0, 0.05) is 19.2 Å². The van der Waals surface area contributed by atoms with Gasteiger partial charge in [0.05, 0.1) is 12.7 Å². The highest BCUT2D eigenvalue weighted by Gasteiger charge is 2.49. The van der Waals surface area contributed by atoms with Gasteiger partial charge in [-0.25, -0.2) is 0 Å². The molecular weight excluding hydrogens is 190 g/mol. The fourth-order valence-electron chi connectivity index (χ4n) is 1.78. The molecule has 14 heavy (non-hydrogen) atoms. The standard InChI is InChI=1S/C8H17NO5/c10-2-1-6-8(14,4-11)7(13)5(12)3-9-6/h5-7,9-14H,1-4H2/t5-,6+,7+,8+/m0/s1. The van der Waals surface area contributed by atoms with Crippen LogP contribution < -0.4 is 5.32 Å². The Labute approximate surface area is 81.8 Å². The summed E-state index contributed by atoms with van der Waals surface area (Å²) < 4.78 is 0. The Bertz CT molecular complexity index is 191. The molecular formula is C8H17NO5.